The Labute approximate surface area is 118 Å². The molecule has 0 saturated carbocycles. The normalized spacial score (nSPS) is 11.3. The summed E-state index contributed by atoms with van der Waals surface area (Å²) in [5, 5.41) is 0. The van der Waals surface area contributed by atoms with Gasteiger partial charge in [0.25, 0.3) is 0 Å². The molecule has 0 aliphatic heterocycles. The van der Waals surface area contributed by atoms with Gasteiger partial charge in [0.15, 0.2) is 9.84 Å². The number of hydrogen-bond acceptors (Lipinski definition) is 4. The average molecular weight is 346 g/mol. The zero-order chi connectivity index (χ0) is 14.0. The molecule has 0 fully saturated rings. The lowest BCUT2D eigenvalue weighted by molar-refractivity contribution is 0.443. The Hall–Kier alpha value is -1.47. The van der Waals surface area contributed by atoms with Crippen LogP contribution < -0.4 is 4.74 Å². The van der Waals surface area contributed by atoms with Crippen molar-refractivity contribution in [2.24, 2.45) is 0 Å². The van der Waals surface area contributed by atoms with Gasteiger partial charge >= 0.3 is 0 Å². The molecule has 0 saturated heterocycles. The Morgan fingerprint density at radius 3 is 2.68 bits per heavy atom. The quantitative estimate of drug-likeness (QED) is 0.857. The lowest BCUT2D eigenvalue weighted by atomic mass is 10.3. The second kappa shape index (κ2) is 5.26. The van der Waals surface area contributed by atoms with E-state index in [-0.39, 0.29) is 16.5 Å². The van der Waals surface area contributed by atoms with Crippen LogP contribution in [0.15, 0.2) is 45.9 Å². The molecule has 19 heavy (non-hydrogen) atoms. The standard InChI is InChI=1S/C12H9BrFNO3S/c1-19(16,17)11-3-2-6-15-12(11)18-10-5-4-8(14)7-9(10)13/h2-7H,1H3. The van der Waals surface area contributed by atoms with Crippen molar-refractivity contribution >= 4 is 25.8 Å². The van der Waals surface area contributed by atoms with Gasteiger partial charge in [-0.15, -0.1) is 0 Å². The van der Waals surface area contributed by atoms with Gasteiger partial charge in [-0.2, -0.15) is 0 Å². The second-order valence-electron chi connectivity index (χ2n) is 3.76. The third-order valence-corrected chi connectivity index (χ3v) is 3.97. The van der Waals surface area contributed by atoms with Crippen LogP contribution in [0.25, 0.3) is 0 Å². The third-order valence-electron chi connectivity index (χ3n) is 2.24. The molecular formula is C12H9BrFNO3S. The number of aromatic nitrogens is 1. The van der Waals surface area contributed by atoms with E-state index in [9.17, 15) is 12.8 Å². The number of hydrogen-bond donors (Lipinski definition) is 0. The molecule has 100 valence electrons. The van der Waals surface area contributed by atoms with Gasteiger partial charge in [0.1, 0.15) is 16.5 Å². The van der Waals surface area contributed by atoms with Gasteiger partial charge in [-0.05, 0) is 46.3 Å². The highest BCUT2D eigenvalue weighted by molar-refractivity contribution is 9.10. The van der Waals surface area contributed by atoms with Crippen molar-refractivity contribution in [2.75, 3.05) is 6.26 Å². The maximum Gasteiger partial charge on any atom is 0.238 e. The Morgan fingerprint density at radius 1 is 1.32 bits per heavy atom. The van der Waals surface area contributed by atoms with Gasteiger partial charge < -0.3 is 4.74 Å². The first-order valence-corrected chi connectivity index (χ1v) is 7.84. The van der Waals surface area contributed by atoms with Gasteiger partial charge in [0.2, 0.25) is 5.88 Å². The minimum atomic E-state index is -3.45. The molecule has 1 heterocycles. The number of benzene rings is 1. The van der Waals surface area contributed by atoms with E-state index < -0.39 is 15.7 Å². The fraction of sp³-hybridized carbons (Fsp3) is 0.0833. The lowest BCUT2D eigenvalue weighted by Crippen LogP contribution is -2.02. The molecule has 7 heteroatoms. The molecule has 0 radical (unpaired) electrons. The molecule has 2 aromatic rings. The third kappa shape index (κ3) is 3.30. The summed E-state index contributed by atoms with van der Waals surface area (Å²) in [5.41, 5.74) is 0. The number of halogens is 2. The van der Waals surface area contributed by atoms with Crippen molar-refractivity contribution in [3.8, 4) is 11.6 Å². The van der Waals surface area contributed by atoms with E-state index in [1.165, 1.54) is 36.5 Å². The van der Waals surface area contributed by atoms with Crippen molar-refractivity contribution < 1.29 is 17.5 Å². The van der Waals surface area contributed by atoms with Crippen molar-refractivity contribution in [3.05, 3.63) is 46.8 Å². The fourth-order valence-electron chi connectivity index (χ4n) is 1.40. The highest BCUT2D eigenvalue weighted by Crippen LogP contribution is 2.32. The lowest BCUT2D eigenvalue weighted by Gasteiger charge is -2.09. The topological polar surface area (TPSA) is 56.3 Å². The van der Waals surface area contributed by atoms with Crippen LogP contribution in [-0.2, 0) is 9.84 Å². The maximum atomic E-state index is 13.0. The number of nitrogens with zero attached hydrogens (tertiary/aromatic N) is 1. The average Bonchev–Trinajstić information content (AvgIpc) is 2.32. The molecule has 0 aliphatic rings. The minimum absolute atomic E-state index is 0.0220. The molecule has 0 atom stereocenters. The molecule has 0 spiro atoms. The highest BCUT2D eigenvalue weighted by Gasteiger charge is 2.16. The Bertz CT molecular complexity index is 719. The summed E-state index contributed by atoms with van der Waals surface area (Å²) in [6.07, 6.45) is 2.48. The van der Waals surface area contributed by atoms with E-state index in [1.54, 1.807) is 0 Å². The summed E-state index contributed by atoms with van der Waals surface area (Å²) >= 11 is 3.14. The van der Waals surface area contributed by atoms with Gasteiger partial charge in [-0.25, -0.2) is 17.8 Å². The van der Waals surface area contributed by atoms with E-state index in [2.05, 4.69) is 20.9 Å². The van der Waals surface area contributed by atoms with Crippen molar-refractivity contribution in [3.63, 3.8) is 0 Å². The first kappa shape index (κ1) is 14.0. The van der Waals surface area contributed by atoms with E-state index in [0.29, 0.717) is 4.47 Å². The van der Waals surface area contributed by atoms with E-state index in [0.717, 1.165) is 6.26 Å². The number of rotatable bonds is 3. The summed E-state index contributed by atoms with van der Waals surface area (Å²) in [7, 11) is -3.45. The fourth-order valence-corrected chi connectivity index (χ4v) is 2.57. The number of sulfone groups is 1. The molecule has 0 N–H and O–H groups in total. The second-order valence-corrected chi connectivity index (χ2v) is 6.59. The predicted octanol–water partition coefficient (Wildman–Crippen LogP) is 3.18. The van der Waals surface area contributed by atoms with Crippen LogP contribution in [0.2, 0.25) is 0 Å². The summed E-state index contributed by atoms with van der Waals surface area (Å²) in [4.78, 5) is 3.87. The van der Waals surface area contributed by atoms with Crippen LogP contribution in [0, 0.1) is 5.82 Å². The van der Waals surface area contributed by atoms with Crippen LogP contribution in [0.3, 0.4) is 0 Å². The van der Waals surface area contributed by atoms with Crippen molar-refractivity contribution in [1.29, 1.82) is 0 Å². The van der Waals surface area contributed by atoms with Crippen LogP contribution in [0.1, 0.15) is 0 Å². The molecule has 4 nitrogen and oxygen atoms in total. The molecule has 0 aliphatic carbocycles. The molecule has 1 aromatic carbocycles. The van der Waals surface area contributed by atoms with E-state index in [1.807, 2.05) is 0 Å². The summed E-state index contributed by atoms with van der Waals surface area (Å²) in [5.74, 6) is -0.189. The smallest absolute Gasteiger partial charge is 0.238 e. The van der Waals surface area contributed by atoms with Crippen LogP contribution in [0.4, 0.5) is 4.39 Å². The molecule has 0 amide bonds. The van der Waals surface area contributed by atoms with Crippen molar-refractivity contribution in [2.45, 2.75) is 4.90 Å². The SMILES string of the molecule is CS(=O)(=O)c1cccnc1Oc1ccc(F)cc1Br. The predicted molar refractivity (Wildman–Crippen MR) is 71.5 cm³/mol. The monoisotopic (exact) mass is 345 g/mol. The Kier molecular flexibility index (Phi) is 3.86. The summed E-state index contributed by atoms with van der Waals surface area (Å²) in [6, 6.07) is 6.72. The molecule has 1 aromatic heterocycles. The highest BCUT2D eigenvalue weighted by atomic mass is 79.9. The van der Waals surface area contributed by atoms with Crippen LogP contribution in [0.5, 0.6) is 11.6 Å². The zero-order valence-corrected chi connectivity index (χ0v) is 12.2. The first-order chi connectivity index (χ1) is 8.88. The van der Waals surface area contributed by atoms with Gasteiger partial charge in [0.05, 0.1) is 4.47 Å². The van der Waals surface area contributed by atoms with E-state index >= 15 is 0 Å². The number of pyridine rings is 1. The summed E-state index contributed by atoms with van der Waals surface area (Å²) in [6.45, 7) is 0. The minimum Gasteiger partial charge on any atom is -0.437 e. The Morgan fingerprint density at radius 2 is 2.05 bits per heavy atom. The zero-order valence-electron chi connectivity index (χ0n) is 9.80. The van der Waals surface area contributed by atoms with E-state index in [4.69, 9.17) is 4.74 Å². The molecular weight excluding hydrogens is 337 g/mol. The largest absolute Gasteiger partial charge is 0.437 e. The first-order valence-electron chi connectivity index (χ1n) is 5.16. The maximum absolute atomic E-state index is 13.0. The van der Waals surface area contributed by atoms with Gasteiger partial charge in [-0.3, -0.25) is 0 Å². The number of ether oxygens (including phenoxy) is 1. The van der Waals surface area contributed by atoms with Gasteiger partial charge in [0, 0.05) is 12.5 Å². The molecule has 0 unspecified atom stereocenters. The molecule has 2 rings (SSSR count). The van der Waals surface area contributed by atoms with Crippen molar-refractivity contribution in [1.82, 2.24) is 4.98 Å². The summed E-state index contributed by atoms with van der Waals surface area (Å²) < 4.78 is 41.9. The van der Waals surface area contributed by atoms with Crippen LogP contribution in [-0.4, -0.2) is 19.7 Å². The van der Waals surface area contributed by atoms with Crippen LogP contribution >= 0.6 is 15.9 Å². The molecule has 0 bridgehead atoms. The Balaban J connectivity index is 2.44. The van der Waals surface area contributed by atoms with Gasteiger partial charge in [-0.1, -0.05) is 0 Å².